The van der Waals surface area contributed by atoms with Crippen molar-refractivity contribution in [1.29, 1.82) is 5.26 Å². The molecule has 0 saturated carbocycles. The summed E-state index contributed by atoms with van der Waals surface area (Å²) in [4.78, 5) is 0. The first-order valence-electron chi connectivity index (χ1n) is 3.77. The molecule has 0 saturated heterocycles. The van der Waals surface area contributed by atoms with E-state index >= 15 is 0 Å². The van der Waals surface area contributed by atoms with E-state index in [1.54, 1.807) is 13.0 Å². The van der Waals surface area contributed by atoms with Crippen LogP contribution in [-0.2, 0) is 0 Å². The zero-order valence-corrected chi connectivity index (χ0v) is 7.21. The van der Waals surface area contributed by atoms with Crippen molar-refractivity contribution >= 4 is 5.70 Å². The molecule has 0 atom stereocenters. The molecular formula is C10H9FN2. The number of nitrogens with zero attached hydrogens (tertiary/aromatic N) is 1. The molecule has 13 heavy (non-hydrogen) atoms. The molecule has 0 aliphatic carbocycles. The van der Waals surface area contributed by atoms with E-state index in [2.05, 4.69) is 0 Å². The summed E-state index contributed by atoms with van der Waals surface area (Å²) in [6, 6.07) is 6.09. The molecule has 0 aromatic heterocycles. The summed E-state index contributed by atoms with van der Waals surface area (Å²) < 4.78 is 12.7. The quantitative estimate of drug-likeness (QED) is 0.665. The van der Waals surface area contributed by atoms with Gasteiger partial charge in [-0.3, -0.25) is 0 Å². The van der Waals surface area contributed by atoms with Crippen LogP contribution in [0.1, 0.15) is 11.1 Å². The lowest BCUT2D eigenvalue weighted by Crippen LogP contribution is -1.98. The van der Waals surface area contributed by atoms with E-state index in [0.29, 0.717) is 11.3 Å². The van der Waals surface area contributed by atoms with E-state index in [1.807, 2.05) is 6.07 Å². The second-order valence-electron chi connectivity index (χ2n) is 2.69. The van der Waals surface area contributed by atoms with Gasteiger partial charge >= 0.3 is 0 Å². The van der Waals surface area contributed by atoms with E-state index in [1.165, 1.54) is 18.2 Å². The largest absolute Gasteiger partial charge is 0.398 e. The number of hydrogen-bond acceptors (Lipinski definition) is 2. The highest BCUT2D eigenvalue weighted by molar-refractivity contribution is 5.67. The highest BCUT2D eigenvalue weighted by Gasteiger charge is 2.01. The fourth-order valence-electron chi connectivity index (χ4n) is 1.10. The van der Waals surface area contributed by atoms with Crippen LogP contribution in [0.5, 0.6) is 0 Å². The van der Waals surface area contributed by atoms with Crippen molar-refractivity contribution in [3.8, 4) is 6.07 Å². The maximum Gasteiger partial charge on any atom is 0.123 e. The summed E-state index contributed by atoms with van der Waals surface area (Å²) in [5, 5.41) is 8.36. The Morgan fingerprint density at radius 3 is 2.85 bits per heavy atom. The van der Waals surface area contributed by atoms with Crippen molar-refractivity contribution in [2.45, 2.75) is 6.92 Å². The van der Waals surface area contributed by atoms with Gasteiger partial charge in [0.15, 0.2) is 0 Å². The molecule has 3 heteroatoms. The molecule has 0 fully saturated rings. The molecular weight excluding hydrogens is 167 g/mol. The maximum atomic E-state index is 12.7. The molecule has 1 aromatic rings. The van der Waals surface area contributed by atoms with Crippen LogP contribution in [0.4, 0.5) is 4.39 Å². The molecule has 2 N–H and O–H groups in total. The standard InChI is InChI=1S/C10H9FN2/c1-7-6-8(11)2-3-9(7)10(13)4-5-12/h2-4,6H,13H2,1H3/b10-4-. The molecule has 0 heterocycles. The van der Waals surface area contributed by atoms with Crippen LogP contribution in [0.25, 0.3) is 5.70 Å². The number of rotatable bonds is 1. The lowest BCUT2D eigenvalue weighted by Gasteiger charge is -2.04. The average molecular weight is 176 g/mol. The molecule has 0 aliphatic heterocycles. The normalized spacial score (nSPS) is 11.0. The Balaban J connectivity index is 3.18. The minimum Gasteiger partial charge on any atom is -0.398 e. The van der Waals surface area contributed by atoms with Crippen molar-refractivity contribution in [2.24, 2.45) is 5.73 Å². The van der Waals surface area contributed by atoms with Crippen LogP contribution >= 0.6 is 0 Å². The summed E-state index contributed by atoms with van der Waals surface area (Å²) in [6.07, 6.45) is 1.24. The third-order valence-corrected chi connectivity index (χ3v) is 1.72. The lowest BCUT2D eigenvalue weighted by atomic mass is 10.1. The van der Waals surface area contributed by atoms with Gasteiger partial charge in [0.25, 0.3) is 0 Å². The molecule has 0 amide bonds. The van der Waals surface area contributed by atoms with E-state index in [-0.39, 0.29) is 5.82 Å². The smallest absolute Gasteiger partial charge is 0.123 e. The first kappa shape index (κ1) is 9.27. The van der Waals surface area contributed by atoms with Crippen LogP contribution < -0.4 is 5.73 Å². The monoisotopic (exact) mass is 176 g/mol. The number of hydrogen-bond donors (Lipinski definition) is 1. The fraction of sp³-hybridized carbons (Fsp3) is 0.100. The molecule has 2 nitrogen and oxygen atoms in total. The average Bonchev–Trinajstić information content (AvgIpc) is 2.04. The first-order chi connectivity index (χ1) is 6.15. The van der Waals surface area contributed by atoms with Gasteiger partial charge in [0, 0.05) is 17.3 Å². The number of allylic oxidation sites excluding steroid dienone is 1. The van der Waals surface area contributed by atoms with Gasteiger partial charge in [0.05, 0.1) is 6.07 Å². The Morgan fingerprint density at radius 2 is 2.31 bits per heavy atom. The van der Waals surface area contributed by atoms with E-state index < -0.39 is 0 Å². The van der Waals surface area contributed by atoms with Crippen molar-refractivity contribution in [3.63, 3.8) is 0 Å². The van der Waals surface area contributed by atoms with Gasteiger partial charge in [-0.25, -0.2) is 4.39 Å². The van der Waals surface area contributed by atoms with Gasteiger partial charge in [-0.15, -0.1) is 0 Å². The molecule has 0 radical (unpaired) electrons. The van der Waals surface area contributed by atoms with Crippen LogP contribution in [0.3, 0.4) is 0 Å². The Hall–Kier alpha value is -1.82. The van der Waals surface area contributed by atoms with Crippen LogP contribution in [-0.4, -0.2) is 0 Å². The molecule has 0 aliphatic rings. The van der Waals surface area contributed by atoms with Gasteiger partial charge in [0.2, 0.25) is 0 Å². The van der Waals surface area contributed by atoms with E-state index in [0.717, 1.165) is 5.56 Å². The van der Waals surface area contributed by atoms with Crippen molar-refractivity contribution in [2.75, 3.05) is 0 Å². The number of nitriles is 1. The zero-order chi connectivity index (χ0) is 9.84. The Morgan fingerprint density at radius 1 is 1.62 bits per heavy atom. The minimum absolute atomic E-state index is 0.300. The predicted molar refractivity (Wildman–Crippen MR) is 48.9 cm³/mol. The molecule has 0 unspecified atom stereocenters. The summed E-state index contributed by atoms with van der Waals surface area (Å²) in [7, 11) is 0. The Bertz CT molecular complexity index is 388. The van der Waals surface area contributed by atoms with Crippen LogP contribution in [0.2, 0.25) is 0 Å². The number of halogens is 1. The summed E-state index contributed by atoms with van der Waals surface area (Å²) >= 11 is 0. The van der Waals surface area contributed by atoms with Gasteiger partial charge in [-0.05, 0) is 30.7 Å². The van der Waals surface area contributed by atoms with Gasteiger partial charge in [0.1, 0.15) is 5.82 Å². The first-order valence-corrected chi connectivity index (χ1v) is 3.77. The molecule has 1 aromatic carbocycles. The van der Waals surface area contributed by atoms with Gasteiger partial charge in [-0.1, -0.05) is 0 Å². The second-order valence-corrected chi connectivity index (χ2v) is 2.69. The number of benzene rings is 1. The Kier molecular flexibility index (Phi) is 2.65. The minimum atomic E-state index is -0.300. The van der Waals surface area contributed by atoms with Crippen molar-refractivity contribution in [3.05, 3.63) is 41.2 Å². The van der Waals surface area contributed by atoms with Gasteiger partial charge in [-0.2, -0.15) is 5.26 Å². The van der Waals surface area contributed by atoms with Crippen molar-refractivity contribution < 1.29 is 4.39 Å². The number of nitrogens with two attached hydrogens (primary N) is 1. The predicted octanol–water partition coefficient (Wildman–Crippen LogP) is 1.96. The molecule has 0 bridgehead atoms. The zero-order valence-electron chi connectivity index (χ0n) is 7.21. The summed E-state index contributed by atoms with van der Waals surface area (Å²) in [6.45, 7) is 1.75. The topological polar surface area (TPSA) is 49.8 Å². The van der Waals surface area contributed by atoms with Crippen molar-refractivity contribution in [1.82, 2.24) is 0 Å². The molecule has 1 rings (SSSR count). The SMILES string of the molecule is Cc1cc(F)ccc1/C(N)=C/C#N. The van der Waals surface area contributed by atoms with E-state index in [9.17, 15) is 4.39 Å². The summed E-state index contributed by atoms with van der Waals surface area (Å²) in [5.41, 5.74) is 7.36. The molecule has 66 valence electrons. The summed E-state index contributed by atoms with van der Waals surface area (Å²) in [5.74, 6) is -0.300. The number of aryl methyl sites for hydroxylation is 1. The van der Waals surface area contributed by atoms with Crippen LogP contribution in [0, 0.1) is 24.1 Å². The highest BCUT2D eigenvalue weighted by Crippen LogP contribution is 2.15. The third kappa shape index (κ3) is 2.06. The Labute approximate surface area is 76.1 Å². The lowest BCUT2D eigenvalue weighted by molar-refractivity contribution is 0.626. The highest BCUT2D eigenvalue weighted by atomic mass is 19.1. The molecule has 0 spiro atoms. The maximum absolute atomic E-state index is 12.7. The van der Waals surface area contributed by atoms with Gasteiger partial charge < -0.3 is 5.73 Å². The fourth-order valence-corrected chi connectivity index (χ4v) is 1.10. The second kappa shape index (κ2) is 3.72. The third-order valence-electron chi connectivity index (χ3n) is 1.72. The van der Waals surface area contributed by atoms with E-state index in [4.69, 9.17) is 11.0 Å². The van der Waals surface area contributed by atoms with Crippen LogP contribution in [0.15, 0.2) is 24.3 Å².